The molecule has 0 aliphatic carbocycles. The van der Waals surface area contributed by atoms with Gasteiger partial charge in [0, 0.05) is 11.1 Å². The van der Waals surface area contributed by atoms with Crippen molar-refractivity contribution in [3.63, 3.8) is 0 Å². The van der Waals surface area contributed by atoms with Gasteiger partial charge in [-0.25, -0.2) is 9.59 Å². The Hall–Kier alpha value is -1.62. The van der Waals surface area contributed by atoms with Crippen molar-refractivity contribution in [2.75, 3.05) is 6.61 Å². The highest BCUT2D eigenvalue weighted by atomic mass is 16.6. The van der Waals surface area contributed by atoms with Crippen molar-refractivity contribution >= 4 is 11.9 Å². The second-order valence-corrected chi connectivity index (χ2v) is 6.40. The van der Waals surface area contributed by atoms with Crippen molar-refractivity contribution < 1.29 is 24.2 Å². The van der Waals surface area contributed by atoms with Gasteiger partial charge in [0.05, 0.1) is 6.61 Å². The summed E-state index contributed by atoms with van der Waals surface area (Å²) in [5.41, 5.74) is 0.286. The molecule has 0 rings (SSSR count). The highest BCUT2D eigenvalue weighted by molar-refractivity contribution is 5.88. The average Bonchev–Trinajstić information content (AvgIpc) is 2.32. The molecule has 0 aromatic carbocycles. The smallest absolute Gasteiger partial charge is 0.333 e. The van der Waals surface area contributed by atoms with Crippen LogP contribution in [0.1, 0.15) is 41.0 Å². The third-order valence-electron chi connectivity index (χ3n) is 2.62. The fourth-order valence-corrected chi connectivity index (χ4v) is 1.56. The fraction of sp³-hybridized carbons (Fsp3) is 0.625. The summed E-state index contributed by atoms with van der Waals surface area (Å²) in [4.78, 5) is 23.3. The molecule has 0 amide bonds. The third-order valence-corrected chi connectivity index (χ3v) is 2.62. The molecule has 0 aromatic heterocycles. The highest BCUT2D eigenvalue weighted by Crippen LogP contribution is 2.26. The molecular formula is C16H26O5. The summed E-state index contributed by atoms with van der Waals surface area (Å²) in [6.07, 6.45) is -1.25. The lowest BCUT2D eigenvalue weighted by Crippen LogP contribution is -2.40. The van der Waals surface area contributed by atoms with Crippen LogP contribution in [0.2, 0.25) is 0 Å². The first-order valence-electron chi connectivity index (χ1n) is 6.81. The van der Waals surface area contributed by atoms with Gasteiger partial charge in [-0.15, -0.1) is 0 Å². The molecule has 21 heavy (non-hydrogen) atoms. The first kappa shape index (κ1) is 19.4. The molecule has 0 saturated carbocycles. The Bertz CT molecular complexity index is 417. The van der Waals surface area contributed by atoms with Gasteiger partial charge in [-0.05, 0) is 25.7 Å². The average molecular weight is 298 g/mol. The maximum Gasteiger partial charge on any atom is 0.333 e. The van der Waals surface area contributed by atoms with Gasteiger partial charge in [0.1, 0.15) is 6.10 Å². The van der Waals surface area contributed by atoms with Crippen LogP contribution in [-0.4, -0.2) is 35.9 Å². The molecule has 120 valence electrons. The van der Waals surface area contributed by atoms with Crippen molar-refractivity contribution in [2.45, 2.75) is 53.2 Å². The van der Waals surface area contributed by atoms with Crippen LogP contribution in [0.3, 0.4) is 0 Å². The van der Waals surface area contributed by atoms with Crippen molar-refractivity contribution in [3.8, 4) is 0 Å². The van der Waals surface area contributed by atoms with Crippen molar-refractivity contribution in [3.05, 3.63) is 24.3 Å². The lowest BCUT2D eigenvalue weighted by molar-refractivity contribution is -0.168. The Morgan fingerprint density at radius 3 is 1.67 bits per heavy atom. The molecule has 0 bridgehead atoms. The topological polar surface area (TPSA) is 72.8 Å². The molecule has 2 unspecified atom stereocenters. The Labute approximate surface area is 126 Å². The van der Waals surface area contributed by atoms with Crippen LogP contribution in [0.25, 0.3) is 0 Å². The van der Waals surface area contributed by atoms with E-state index in [1.807, 2.05) is 20.8 Å². The molecular weight excluding hydrogens is 272 g/mol. The standard InChI is InChI=1S/C16H26O5/c1-10(2)14(18)20-12(8-16(5,6)7)13(9-17)21-15(19)11(3)4/h12-13,17H,1,3,8-9H2,2,4-7H3. The Kier molecular flexibility index (Phi) is 7.36. The number of aliphatic hydroxyl groups is 1. The Morgan fingerprint density at radius 1 is 1.00 bits per heavy atom. The second kappa shape index (κ2) is 7.98. The van der Waals surface area contributed by atoms with E-state index in [0.29, 0.717) is 6.42 Å². The summed E-state index contributed by atoms with van der Waals surface area (Å²) < 4.78 is 10.5. The molecule has 0 spiro atoms. The van der Waals surface area contributed by atoms with E-state index in [1.165, 1.54) is 13.8 Å². The first-order valence-corrected chi connectivity index (χ1v) is 6.81. The van der Waals surface area contributed by atoms with Gasteiger partial charge in [-0.3, -0.25) is 0 Å². The fourth-order valence-electron chi connectivity index (χ4n) is 1.56. The SMILES string of the molecule is C=C(C)C(=O)OC(CO)C(CC(C)(C)C)OC(=O)C(=C)C. The van der Waals surface area contributed by atoms with Crippen LogP contribution >= 0.6 is 0 Å². The zero-order valence-electron chi connectivity index (χ0n) is 13.6. The molecule has 0 saturated heterocycles. The van der Waals surface area contributed by atoms with Crippen LogP contribution in [-0.2, 0) is 19.1 Å². The molecule has 0 aromatic rings. The minimum atomic E-state index is -0.934. The monoisotopic (exact) mass is 298 g/mol. The number of rotatable bonds is 7. The zero-order chi connectivity index (χ0) is 16.8. The maximum absolute atomic E-state index is 11.7. The summed E-state index contributed by atoms with van der Waals surface area (Å²) in [7, 11) is 0. The van der Waals surface area contributed by atoms with Gasteiger partial charge >= 0.3 is 11.9 Å². The summed E-state index contributed by atoms with van der Waals surface area (Å²) in [6.45, 7) is 15.5. The van der Waals surface area contributed by atoms with Crippen molar-refractivity contribution in [1.29, 1.82) is 0 Å². The van der Waals surface area contributed by atoms with Crippen molar-refractivity contribution in [1.82, 2.24) is 0 Å². The van der Waals surface area contributed by atoms with Crippen LogP contribution in [0.4, 0.5) is 0 Å². The number of ether oxygens (including phenoxy) is 2. The molecule has 0 aliphatic heterocycles. The molecule has 0 heterocycles. The van der Waals surface area contributed by atoms with Gasteiger partial charge < -0.3 is 14.6 Å². The number of aliphatic hydroxyl groups excluding tert-OH is 1. The van der Waals surface area contributed by atoms with E-state index in [9.17, 15) is 14.7 Å². The Morgan fingerprint density at radius 2 is 1.38 bits per heavy atom. The summed E-state index contributed by atoms with van der Waals surface area (Å²) in [5, 5.41) is 9.45. The van der Waals surface area contributed by atoms with Crippen molar-refractivity contribution in [2.24, 2.45) is 5.41 Å². The zero-order valence-corrected chi connectivity index (χ0v) is 13.6. The number of hydrogen-bond donors (Lipinski definition) is 1. The van der Waals surface area contributed by atoms with E-state index in [4.69, 9.17) is 9.47 Å². The predicted molar refractivity (Wildman–Crippen MR) is 80.5 cm³/mol. The second-order valence-electron chi connectivity index (χ2n) is 6.40. The van der Waals surface area contributed by atoms with E-state index in [2.05, 4.69) is 13.2 Å². The van der Waals surface area contributed by atoms with Crippen LogP contribution in [0.5, 0.6) is 0 Å². The third kappa shape index (κ3) is 7.66. The van der Waals surface area contributed by atoms with Gasteiger partial charge in [-0.1, -0.05) is 33.9 Å². The maximum atomic E-state index is 11.7. The van der Waals surface area contributed by atoms with E-state index >= 15 is 0 Å². The molecule has 0 aliphatic rings. The first-order chi connectivity index (χ1) is 9.47. The number of esters is 2. The lowest BCUT2D eigenvalue weighted by atomic mass is 9.87. The number of carbonyl (C=O) groups excluding carboxylic acids is 2. The predicted octanol–water partition coefficient (Wildman–Crippen LogP) is 2.39. The van der Waals surface area contributed by atoms with E-state index in [1.54, 1.807) is 0 Å². The van der Waals surface area contributed by atoms with E-state index < -0.39 is 30.8 Å². The minimum Gasteiger partial charge on any atom is -0.455 e. The molecule has 5 heteroatoms. The van der Waals surface area contributed by atoms with Crippen LogP contribution < -0.4 is 0 Å². The summed E-state index contributed by atoms with van der Waals surface area (Å²) >= 11 is 0. The number of hydrogen-bond acceptors (Lipinski definition) is 5. The summed E-state index contributed by atoms with van der Waals surface area (Å²) in [6, 6.07) is 0. The van der Waals surface area contributed by atoms with Gasteiger partial charge in [0.25, 0.3) is 0 Å². The van der Waals surface area contributed by atoms with Gasteiger partial charge in [0.2, 0.25) is 0 Å². The highest BCUT2D eigenvalue weighted by Gasteiger charge is 2.32. The van der Waals surface area contributed by atoms with Gasteiger partial charge in [-0.2, -0.15) is 0 Å². The van der Waals surface area contributed by atoms with E-state index in [-0.39, 0.29) is 16.6 Å². The normalized spacial score (nSPS) is 14.0. The quantitative estimate of drug-likeness (QED) is 0.577. The largest absolute Gasteiger partial charge is 0.455 e. The van der Waals surface area contributed by atoms with E-state index in [0.717, 1.165) is 0 Å². The minimum absolute atomic E-state index is 0.178. The molecule has 0 radical (unpaired) electrons. The molecule has 5 nitrogen and oxygen atoms in total. The molecule has 2 atom stereocenters. The number of carbonyl (C=O) groups is 2. The van der Waals surface area contributed by atoms with Gasteiger partial charge in [0.15, 0.2) is 6.10 Å². The molecule has 0 fully saturated rings. The summed E-state index contributed by atoms with van der Waals surface area (Å²) in [5.74, 6) is -1.20. The lowest BCUT2D eigenvalue weighted by Gasteiger charge is -2.30. The van der Waals surface area contributed by atoms with Crippen LogP contribution in [0, 0.1) is 5.41 Å². The molecule has 1 N–H and O–H groups in total. The Balaban J connectivity index is 5.13. The van der Waals surface area contributed by atoms with Crippen LogP contribution in [0.15, 0.2) is 24.3 Å².